The fraction of sp³-hybridized carbons (Fsp3) is 0.611. The summed E-state index contributed by atoms with van der Waals surface area (Å²) < 4.78 is 34.0. The summed E-state index contributed by atoms with van der Waals surface area (Å²) in [6, 6.07) is 6.52. The van der Waals surface area contributed by atoms with Crippen LogP contribution in [0.1, 0.15) is 26.7 Å². The molecule has 2 aliphatic heterocycles. The van der Waals surface area contributed by atoms with Gasteiger partial charge in [0, 0.05) is 31.9 Å². The zero-order valence-corrected chi connectivity index (χ0v) is 16.4. The first-order chi connectivity index (χ1) is 12.3. The SMILES string of the molecule is COc1ccc(N2CCN(S(=O)(=O)N3CCC(C)CC3)C(C)C2=O)cc1. The highest BCUT2D eigenvalue weighted by Gasteiger charge is 2.42. The second-order valence-electron chi connectivity index (χ2n) is 7.06. The molecule has 2 heterocycles. The Hall–Kier alpha value is -1.64. The van der Waals surface area contributed by atoms with Crippen LogP contribution in [0.3, 0.4) is 0 Å². The van der Waals surface area contributed by atoms with Crippen molar-refractivity contribution in [2.75, 3.05) is 38.2 Å². The van der Waals surface area contributed by atoms with Crippen molar-refractivity contribution in [3.63, 3.8) is 0 Å². The third-order valence-corrected chi connectivity index (χ3v) is 7.46. The lowest BCUT2D eigenvalue weighted by Gasteiger charge is -2.41. The molecule has 1 unspecified atom stereocenters. The lowest BCUT2D eigenvalue weighted by Crippen LogP contribution is -2.60. The van der Waals surface area contributed by atoms with Gasteiger partial charge in [-0.1, -0.05) is 6.92 Å². The van der Waals surface area contributed by atoms with Crippen molar-refractivity contribution in [1.29, 1.82) is 0 Å². The third kappa shape index (κ3) is 3.58. The van der Waals surface area contributed by atoms with E-state index in [9.17, 15) is 13.2 Å². The minimum Gasteiger partial charge on any atom is -0.497 e. The standard InChI is InChI=1S/C18H27N3O4S/c1-14-8-10-19(11-9-14)26(23,24)21-13-12-20(18(22)15(21)2)16-4-6-17(25-3)7-5-16/h4-7,14-15H,8-13H2,1-3H3. The number of amides is 1. The molecule has 0 radical (unpaired) electrons. The first-order valence-electron chi connectivity index (χ1n) is 9.07. The van der Waals surface area contributed by atoms with Crippen molar-refractivity contribution in [2.24, 2.45) is 5.92 Å². The fourth-order valence-corrected chi connectivity index (χ4v) is 5.32. The quantitative estimate of drug-likeness (QED) is 0.796. The Morgan fingerprint density at radius 1 is 1.00 bits per heavy atom. The van der Waals surface area contributed by atoms with Crippen molar-refractivity contribution >= 4 is 21.8 Å². The Labute approximate surface area is 155 Å². The summed E-state index contributed by atoms with van der Waals surface area (Å²) in [6.07, 6.45) is 1.74. The monoisotopic (exact) mass is 381 g/mol. The van der Waals surface area contributed by atoms with Gasteiger partial charge in [-0.25, -0.2) is 0 Å². The highest BCUT2D eigenvalue weighted by molar-refractivity contribution is 7.86. The Morgan fingerprint density at radius 3 is 2.19 bits per heavy atom. The second-order valence-corrected chi connectivity index (χ2v) is 8.95. The van der Waals surface area contributed by atoms with Crippen LogP contribution >= 0.6 is 0 Å². The number of carbonyl (C=O) groups is 1. The molecule has 1 aromatic carbocycles. The molecule has 26 heavy (non-hydrogen) atoms. The maximum absolute atomic E-state index is 13.0. The molecule has 1 amide bonds. The molecule has 2 fully saturated rings. The molecule has 0 aliphatic carbocycles. The highest BCUT2D eigenvalue weighted by Crippen LogP contribution is 2.27. The lowest BCUT2D eigenvalue weighted by atomic mass is 10.0. The van der Waals surface area contributed by atoms with E-state index in [0.717, 1.165) is 24.3 Å². The van der Waals surface area contributed by atoms with E-state index in [0.29, 0.717) is 32.1 Å². The van der Waals surface area contributed by atoms with Gasteiger partial charge in [0.05, 0.1) is 7.11 Å². The maximum Gasteiger partial charge on any atom is 0.282 e. The number of anilines is 1. The molecule has 0 bridgehead atoms. The van der Waals surface area contributed by atoms with E-state index in [2.05, 4.69) is 6.92 Å². The minimum atomic E-state index is -3.61. The first kappa shape index (κ1) is 19.1. The van der Waals surface area contributed by atoms with Crippen LogP contribution in [-0.4, -0.2) is 62.3 Å². The summed E-state index contributed by atoms with van der Waals surface area (Å²) in [5.41, 5.74) is 0.756. The number of carbonyl (C=O) groups excluding carboxylic acids is 1. The molecule has 0 spiro atoms. The summed E-state index contributed by atoms with van der Waals surface area (Å²) >= 11 is 0. The first-order valence-corrected chi connectivity index (χ1v) is 10.5. The molecule has 0 aromatic heterocycles. The average molecular weight is 381 g/mol. The smallest absolute Gasteiger partial charge is 0.282 e. The van der Waals surface area contributed by atoms with Crippen molar-refractivity contribution < 1.29 is 17.9 Å². The number of piperidine rings is 1. The van der Waals surface area contributed by atoms with Crippen LogP contribution in [0.5, 0.6) is 5.75 Å². The molecule has 8 heteroatoms. The summed E-state index contributed by atoms with van der Waals surface area (Å²) in [5, 5.41) is 0. The number of hydrogen-bond donors (Lipinski definition) is 0. The van der Waals surface area contributed by atoms with E-state index in [1.807, 2.05) is 12.1 Å². The number of nitrogens with zero attached hydrogens (tertiary/aromatic N) is 3. The number of ether oxygens (including phenoxy) is 1. The molecule has 2 saturated heterocycles. The number of methoxy groups -OCH3 is 1. The van der Waals surface area contributed by atoms with Crippen LogP contribution in [0.25, 0.3) is 0 Å². The van der Waals surface area contributed by atoms with Crippen LogP contribution < -0.4 is 9.64 Å². The van der Waals surface area contributed by atoms with E-state index < -0.39 is 16.3 Å². The molecule has 144 valence electrons. The Morgan fingerprint density at radius 2 is 1.62 bits per heavy atom. The van der Waals surface area contributed by atoms with Gasteiger partial charge in [0.2, 0.25) is 5.91 Å². The predicted octanol–water partition coefficient (Wildman–Crippen LogP) is 1.71. The van der Waals surface area contributed by atoms with Gasteiger partial charge < -0.3 is 9.64 Å². The van der Waals surface area contributed by atoms with Gasteiger partial charge >= 0.3 is 0 Å². The largest absolute Gasteiger partial charge is 0.497 e. The van der Waals surface area contributed by atoms with Gasteiger partial charge in [0.1, 0.15) is 11.8 Å². The lowest BCUT2D eigenvalue weighted by molar-refractivity contribution is -0.123. The van der Waals surface area contributed by atoms with Crippen molar-refractivity contribution in [3.05, 3.63) is 24.3 Å². The predicted molar refractivity (Wildman–Crippen MR) is 100 cm³/mol. The van der Waals surface area contributed by atoms with Crippen molar-refractivity contribution in [1.82, 2.24) is 8.61 Å². The third-order valence-electron chi connectivity index (χ3n) is 5.35. The van der Waals surface area contributed by atoms with Gasteiger partial charge in [-0.05, 0) is 49.9 Å². The molecule has 1 aromatic rings. The number of hydrogen-bond acceptors (Lipinski definition) is 4. The highest BCUT2D eigenvalue weighted by atomic mass is 32.2. The number of rotatable bonds is 4. The zero-order chi connectivity index (χ0) is 18.9. The average Bonchev–Trinajstić information content (AvgIpc) is 2.64. The molecule has 0 N–H and O–H groups in total. The Balaban J connectivity index is 1.74. The van der Waals surface area contributed by atoms with Gasteiger partial charge in [-0.3, -0.25) is 4.79 Å². The number of benzene rings is 1. The summed E-state index contributed by atoms with van der Waals surface area (Å²) in [7, 11) is -2.02. The van der Waals surface area contributed by atoms with Crippen LogP contribution in [0.2, 0.25) is 0 Å². The fourth-order valence-electron chi connectivity index (χ4n) is 3.55. The van der Waals surface area contributed by atoms with Crippen LogP contribution in [0, 0.1) is 5.92 Å². The molecule has 2 aliphatic rings. The van der Waals surface area contributed by atoms with Gasteiger partial charge in [0.25, 0.3) is 10.2 Å². The van der Waals surface area contributed by atoms with Crippen LogP contribution in [0.4, 0.5) is 5.69 Å². The summed E-state index contributed by atoms with van der Waals surface area (Å²) in [6.45, 7) is 5.52. The van der Waals surface area contributed by atoms with Gasteiger partial charge in [0.15, 0.2) is 0 Å². The molecule has 3 rings (SSSR count). The molecular formula is C18H27N3O4S. The van der Waals surface area contributed by atoms with Crippen LogP contribution in [-0.2, 0) is 15.0 Å². The van der Waals surface area contributed by atoms with Crippen molar-refractivity contribution in [2.45, 2.75) is 32.7 Å². The minimum absolute atomic E-state index is 0.199. The van der Waals surface area contributed by atoms with E-state index in [4.69, 9.17) is 4.74 Å². The Kier molecular flexibility index (Phi) is 5.55. The van der Waals surface area contributed by atoms with Gasteiger partial charge in [-0.15, -0.1) is 0 Å². The van der Waals surface area contributed by atoms with E-state index in [1.54, 1.807) is 31.1 Å². The molecule has 1 atom stereocenters. The molecule has 0 saturated carbocycles. The van der Waals surface area contributed by atoms with Crippen LogP contribution in [0.15, 0.2) is 24.3 Å². The summed E-state index contributed by atoms with van der Waals surface area (Å²) in [5.74, 6) is 1.07. The normalized spacial score (nSPS) is 24.0. The number of piperazine rings is 1. The Bertz CT molecular complexity index is 742. The second kappa shape index (κ2) is 7.54. The maximum atomic E-state index is 13.0. The van der Waals surface area contributed by atoms with Gasteiger partial charge in [-0.2, -0.15) is 17.0 Å². The van der Waals surface area contributed by atoms with E-state index >= 15 is 0 Å². The summed E-state index contributed by atoms with van der Waals surface area (Å²) in [4.78, 5) is 14.5. The zero-order valence-electron chi connectivity index (χ0n) is 15.6. The topological polar surface area (TPSA) is 70.2 Å². The van der Waals surface area contributed by atoms with Crippen molar-refractivity contribution in [3.8, 4) is 5.75 Å². The van der Waals surface area contributed by atoms with E-state index in [-0.39, 0.29) is 5.91 Å². The molecular weight excluding hydrogens is 354 g/mol. The van der Waals surface area contributed by atoms with E-state index in [1.165, 1.54) is 8.61 Å². The molecule has 7 nitrogen and oxygen atoms in total.